The van der Waals surface area contributed by atoms with Crippen LogP contribution in [0.4, 0.5) is 0 Å². The van der Waals surface area contributed by atoms with Crippen LogP contribution in [0.3, 0.4) is 0 Å². The van der Waals surface area contributed by atoms with Crippen molar-refractivity contribution in [1.29, 1.82) is 0 Å². The van der Waals surface area contributed by atoms with E-state index in [1.165, 1.54) is 12.4 Å². The van der Waals surface area contributed by atoms with Crippen LogP contribution in [-0.4, -0.2) is 43.4 Å². The molecule has 1 fully saturated rings. The Hall–Kier alpha value is -3.02. The molecule has 1 aromatic carbocycles. The molecule has 0 N–H and O–H groups in total. The maximum Gasteiger partial charge on any atom is 0.274 e. The second kappa shape index (κ2) is 5.88. The highest BCUT2D eigenvalue weighted by Crippen LogP contribution is 2.30. The molecule has 0 aliphatic carbocycles. The first-order chi connectivity index (χ1) is 11.7. The normalized spacial score (nSPS) is 14.5. The van der Waals surface area contributed by atoms with Gasteiger partial charge in [0.2, 0.25) is 0 Å². The molecule has 4 rings (SSSR count). The number of carbonyl (C=O) groups excluding carboxylic acids is 1. The van der Waals surface area contributed by atoms with E-state index in [0.29, 0.717) is 18.8 Å². The molecular formula is C18H17N5O. The molecule has 6 nitrogen and oxygen atoms in total. The van der Waals surface area contributed by atoms with E-state index in [1.54, 1.807) is 11.1 Å². The molecule has 6 heteroatoms. The van der Waals surface area contributed by atoms with E-state index >= 15 is 0 Å². The van der Waals surface area contributed by atoms with Crippen LogP contribution in [0.15, 0.2) is 55.1 Å². The Bertz CT molecular complexity index is 854. The first-order valence-corrected chi connectivity index (χ1v) is 7.88. The van der Waals surface area contributed by atoms with Gasteiger partial charge in [-0.2, -0.15) is 0 Å². The van der Waals surface area contributed by atoms with Gasteiger partial charge < -0.3 is 9.47 Å². The highest BCUT2D eigenvalue weighted by molar-refractivity contribution is 5.92. The first kappa shape index (κ1) is 14.6. The molecule has 1 saturated heterocycles. The van der Waals surface area contributed by atoms with Gasteiger partial charge in [0.15, 0.2) is 0 Å². The van der Waals surface area contributed by atoms with Gasteiger partial charge in [0.05, 0.1) is 12.2 Å². The number of rotatable bonds is 3. The van der Waals surface area contributed by atoms with Gasteiger partial charge in [-0.3, -0.25) is 9.78 Å². The Balaban J connectivity index is 1.54. The zero-order chi connectivity index (χ0) is 16.5. The van der Waals surface area contributed by atoms with Crippen LogP contribution < -0.4 is 0 Å². The van der Waals surface area contributed by atoms with Crippen molar-refractivity contribution in [1.82, 2.24) is 24.4 Å². The van der Waals surface area contributed by atoms with Gasteiger partial charge in [-0.05, 0) is 6.92 Å². The summed E-state index contributed by atoms with van der Waals surface area (Å²) in [5.41, 5.74) is 2.58. The quantitative estimate of drug-likeness (QED) is 0.743. The lowest BCUT2D eigenvalue weighted by molar-refractivity contribution is 0.0513. The third kappa shape index (κ3) is 2.46. The van der Waals surface area contributed by atoms with Crippen molar-refractivity contribution in [2.24, 2.45) is 0 Å². The lowest BCUT2D eigenvalue weighted by Gasteiger charge is -2.40. The minimum absolute atomic E-state index is 0.0709. The van der Waals surface area contributed by atoms with E-state index in [2.05, 4.69) is 31.7 Å². The molecule has 24 heavy (non-hydrogen) atoms. The van der Waals surface area contributed by atoms with E-state index in [4.69, 9.17) is 0 Å². The Morgan fingerprint density at radius 3 is 2.58 bits per heavy atom. The van der Waals surface area contributed by atoms with Crippen LogP contribution >= 0.6 is 0 Å². The molecule has 1 aliphatic heterocycles. The van der Waals surface area contributed by atoms with Crippen LogP contribution in [0.5, 0.6) is 0 Å². The second-order valence-corrected chi connectivity index (χ2v) is 5.91. The standard InChI is InChI=1S/C18H17N5O/c1-13-9-21-17(14-5-3-2-4-6-14)23(13)15-11-22(12-15)18(24)16-10-19-7-8-20-16/h2-10,15H,11-12H2,1H3. The molecule has 2 aromatic heterocycles. The maximum absolute atomic E-state index is 12.4. The zero-order valence-electron chi connectivity index (χ0n) is 13.3. The van der Waals surface area contributed by atoms with E-state index in [-0.39, 0.29) is 11.9 Å². The number of benzene rings is 1. The van der Waals surface area contributed by atoms with Gasteiger partial charge in [0.25, 0.3) is 5.91 Å². The molecule has 1 amide bonds. The number of likely N-dealkylation sites (tertiary alicyclic amines) is 1. The van der Waals surface area contributed by atoms with E-state index in [1.807, 2.05) is 31.3 Å². The van der Waals surface area contributed by atoms with Gasteiger partial charge in [-0.15, -0.1) is 0 Å². The Kier molecular flexibility index (Phi) is 3.57. The number of aromatic nitrogens is 4. The van der Waals surface area contributed by atoms with E-state index in [0.717, 1.165) is 17.1 Å². The van der Waals surface area contributed by atoms with Crippen molar-refractivity contribution in [2.45, 2.75) is 13.0 Å². The highest BCUT2D eigenvalue weighted by Gasteiger charge is 2.34. The van der Waals surface area contributed by atoms with E-state index in [9.17, 15) is 4.79 Å². The van der Waals surface area contributed by atoms with Crippen molar-refractivity contribution in [2.75, 3.05) is 13.1 Å². The summed E-state index contributed by atoms with van der Waals surface area (Å²) in [5, 5.41) is 0. The third-order valence-electron chi connectivity index (χ3n) is 4.31. The van der Waals surface area contributed by atoms with Crippen LogP contribution in [0.2, 0.25) is 0 Å². The van der Waals surface area contributed by atoms with Crippen LogP contribution in [0.1, 0.15) is 22.2 Å². The van der Waals surface area contributed by atoms with Gasteiger partial charge in [-0.25, -0.2) is 9.97 Å². The fourth-order valence-corrected chi connectivity index (χ4v) is 3.06. The molecule has 3 heterocycles. The number of amides is 1. The summed E-state index contributed by atoms with van der Waals surface area (Å²) >= 11 is 0. The molecule has 0 bridgehead atoms. The predicted molar refractivity (Wildman–Crippen MR) is 89.4 cm³/mol. The minimum Gasteiger partial charge on any atom is -0.333 e. The molecular weight excluding hydrogens is 302 g/mol. The number of aryl methyl sites for hydroxylation is 1. The lowest BCUT2D eigenvalue weighted by Crippen LogP contribution is -2.51. The number of hydrogen-bond acceptors (Lipinski definition) is 4. The van der Waals surface area contributed by atoms with Gasteiger partial charge >= 0.3 is 0 Å². The van der Waals surface area contributed by atoms with Gasteiger partial charge in [-0.1, -0.05) is 30.3 Å². The summed E-state index contributed by atoms with van der Waals surface area (Å²) in [7, 11) is 0. The predicted octanol–water partition coefficient (Wildman–Crippen LogP) is 2.35. The largest absolute Gasteiger partial charge is 0.333 e. The lowest BCUT2D eigenvalue weighted by atomic mass is 10.1. The Morgan fingerprint density at radius 1 is 1.08 bits per heavy atom. The summed E-state index contributed by atoms with van der Waals surface area (Å²) < 4.78 is 2.22. The van der Waals surface area contributed by atoms with Crippen LogP contribution in [-0.2, 0) is 0 Å². The maximum atomic E-state index is 12.4. The zero-order valence-corrected chi connectivity index (χ0v) is 13.3. The number of imidazole rings is 1. The van der Waals surface area contributed by atoms with Crippen molar-refractivity contribution in [3.8, 4) is 11.4 Å². The molecule has 0 atom stereocenters. The third-order valence-corrected chi connectivity index (χ3v) is 4.31. The van der Waals surface area contributed by atoms with Crippen molar-refractivity contribution in [3.05, 3.63) is 66.5 Å². The number of hydrogen-bond donors (Lipinski definition) is 0. The molecule has 120 valence electrons. The number of nitrogens with zero attached hydrogens (tertiary/aromatic N) is 5. The molecule has 0 radical (unpaired) electrons. The average molecular weight is 319 g/mol. The summed E-state index contributed by atoms with van der Waals surface area (Å²) in [6.45, 7) is 3.37. The van der Waals surface area contributed by atoms with Gasteiger partial charge in [0.1, 0.15) is 11.5 Å². The Labute approximate surface area is 139 Å². The van der Waals surface area contributed by atoms with Crippen LogP contribution in [0.25, 0.3) is 11.4 Å². The molecule has 0 saturated carbocycles. The second-order valence-electron chi connectivity index (χ2n) is 5.91. The van der Waals surface area contributed by atoms with Crippen molar-refractivity contribution >= 4 is 5.91 Å². The fourth-order valence-electron chi connectivity index (χ4n) is 3.06. The monoisotopic (exact) mass is 319 g/mol. The number of carbonyl (C=O) groups is 1. The minimum atomic E-state index is -0.0709. The average Bonchev–Trinajstić information content (AvgIpc) is 2.97. The summed E-state index contributed by atoms with van der Waals surface area (Å²) in [4.78, 5) is 26.8. The summed E-state index contributed by atoms with van der Waals surface area (Å²) in [6, 6.07) is 10.4. The Morgan fingerprint density at radius 2 is 1.88 bits per heavy atom. The van der Waals surface area contributed by atoms with Crippen molar-refractivity contribution < 1.29 is 4.79 Å². The molecule has 1 aliphatic rings. The van der Waals surface area contributed by atoms with Crippen LogP contribution in [0, 0.1) is 6.92 Å². The fraction of sp³-hybridized carbons (Fsp3) is 0.222. The van der Waals surface area contributed by atoms with E-state index < -0.39 is 0 Å². The molecule has 0 spiro atoms. The van der Waals surface area contributed by atoms with Crippen molar-refractivity contribution in [3.63, 3.8) is 0 Å². The molecule has 3 aromatic rings. The SMILES string of the molecule is Cc1cnc(-c2ccccc2)n1C1CN(C(=O)c2cnccn2)C1. The highest BCUT2D eigenvalue weighted by atomic mass is 16.2. The summed E-state index contributed by atoms with van der Waals surface area (Å²) in [5.74, 6) is 0.878. The van der Waals surface area contributed by atoms with Gasteiger partial charge in [0, 0.05) is 42.9 Å². The topological polar surface area (TPSA) is 63.9 Å². The molecule has 0 unspecified atom stereocenters. The smallest absolute Gasteiger partial charge is 0.274 e. The summed E-state index contributed by atoms with van der Waals surface area (Å²) in [6.07, 6.45) is 6.50. The first-order valence-electron chi connectivity index (χ1n) is 7.88.